The van der Waals surface area contributed by atoms with Crippen LogP contribution in [0.3, 0.4) is 0 Å². The summed E-state index contributed by atoms with van der Waals surface area (Å²) < 4.78 is 34.0. The number of nitrogens with one attached hydrogen (secondary N) is 2. The third-order valence-electron chi connectivity index (χ3n) is 3.86. The normalized spacial score (nSPS) is 10.7. The number of aryl methyl sites for hydroxylation is 1. The number of ether oxygens (including phenoxy) is 2. The average Bonchev–Trinajstić information content (AvgIpc) is 3.14. The molecule has 0 unspecified atom stereocenters. The molecular formula is C19H17F2N3O3. The van der Waals surface area contributed by atoms with Gasteiger partial charge in [-0.3, -0.25) is 9.89 Å². The molecule has 2 aromatic carbocycles. The van der Waals surface area contributed by atoms with Crippen molar-refractivity contribution < 1.29 is 23.0 Å². The van der Waals surface area contributed by atoms with Crippen LogP contribution >= 0.6 is 0 Å². The van der Waals surface area contributed by atoms with Gasteiger partial charge in [0.1, 0.15) is 17.2 Å². The van der Waals surface area contributed by atoms with Gasteiger partial charge in [0.15, 0.2) is 0 Å². The number of aromatic nitrogens is 2. The average molecular weight is 373 g/mol. The molecule has 1 amide bonds. The zero-order valence-electron chi connectivity index (χ0n) is 14.6. The number of benzene rings is 2. The van der Waals surface area contributed by atoms with E-state index in [0.717, 1.165) is 5.56 Å². The van der Waals surface area contributed by atoms with Crippen molar-refractivity contribution in [2.45, 2.75) is 13.5 Å². The largest absolute Gasteiger partial charge is 0.497 e. The van der Waals surface area contributed by atoms with E-state index in [4.69, 9.17) is 4.74 Å². The van der Waals surface area contributed by atoms with E-state index >= 15 is 0 Å². The Morgan fingerprint density at radius 2 is 1.96 bits per heavy atom. The van der Waals surface area contributed by atoms with Crippen molar-refractivity contribution in [3.05, 3.63) is 59.8 Å². The molecule has 0 spiro atoms. The predicted molar refractivity (Wildman–Crippen MR) is 96.3 cm³/mol. The maximum absolute atomic E-state index is 12.4. The molecule has 0 saturated carbocycles. The maximum Gasteiger partial charge on any atom is 0.387 e. The number of nitrogens with zero attached hydrogens (tertiary/aromatic N) is 1. The molecule has 0 fully saturated rings. The first-order valence-corrected chi connectivity index (χ1v) is 8.03. The third-order valence-corrected chi connectivity index (χ3v) is 3.86. The number of carbonyl (C=O) groups is 1. The summed E-state index contributed by atoms with van der Waals surface area (Å²) in [4.78, 5) is 12.4. The Hall–Kier alpha value is -3.42. The minimum atomic E-state index is -2.90. The molecule has 0 aliphatic carbocycles. The number of rotatable bonds is 6. The molecule has 0 saturated heterocycles. The molecule has 1 heterocycles. The first-order valence-electron chi connectivity index (χ1n) is 8.03. The van der Waals surface area contributed by atoms with E-state index in [9.17, 15) is 13.6 Å². The summed E-state index contributed by atoms with van der Waals surface area (Å²) in [6.07, 6.45) is 0. The second kappa shape index (κ2) is 7.86. The molecule has 8 heteroatoms. The molecule has 27 heavy (non-hydrogen) atoms. The number of anilines is 1. The van der Waals surface area contributed by atoms with E-state index in [-0.39, 0.29) is 11.4 Å². The van der Waals surface area contributed by atoms with Crippen molar-refractivity contribution in [3.8, 4) is 22.8 Å². The summed E-state index contributed by atoms with van der Waals surface area (Å²) in [5, 5.41) is 9.56. The minimum absolute atomic E-state index is 0.0300. The van der Waals surface area contributed by atoms with Crippen LogP contribution in [-0.4, -0.2) is 29.8 Å². The molecule has 0 bridgehead atoms. The van der Waals surface area contributed by atoms with Gasteiger partial charge in [-0.15, -0.1) is 0 Å². The monoisotopic (exact) mass is 373 g/mol. The molecule has 1 aromatic heterocycles. The quantitative estimate of drug-likeness (QED) is 0.677. The fourth-order valence-electron chi connectivity index (χ4n) is 2.51. The van der Waals surface area contributed by atoms with Gasteiger partial charge >= 0.3 is 6.61 Å². The number of carbonyl (C=O) groups excluding carboxylic acids is 1. The molecule has 2 N–H and O–H groups in total. The highest BCUT2D eigenvalue weighted by Crippen LogP contribution is 2.25. The number of methoxy groups -OCH3 is 1. The molecule has 3 rings (SSSR count). The number of hydrogen-bond acceptors (Lipinski definition) is 4. The van der Waals surface area contributed by atoms with E-state index in [2.05, 4.69) is 20.3 Å². The summed E-state index contributed by atoms with van der Waals surface area (Å²) >= 11 is 0. The Morgan fingerprint density at radius 1 is 1.15 bits per heavy atom. The lowest BCUT2D eigenvalue weighted by Crippen LogP contribution is -2.13. The highest BCUT2D eigenvalue weighted by atomic mass is 19.3. The topological polar surface area (TPSA) is 76.2 Å². The van der Waals surface area contributed by atoms with Gasteiger partial charge in [-0.1, -0.05) is 12.1 Å². The first kappa shape index (κ1) is 18.4. The van der Waals surface area contributed by atoms with Crippen LogP contribution in [0.5, 0.6) is 11.5 Å². The van der Waals surface area contributed by atoms with E-state index < -0.39 is 12.5 Å². The Labute approximate surface area is 154 Å². The van der Waals surface area contributed by atoms with Gasteiger partial charge in [0.2, 0.25) is 0 Å². The van der Waals surface area contributed by atoms with Gasteiger partial charge in [0.05, 0.1) is 12.8 Å². The number of aromatic amines is 1. The van der Waals surface area contributed by atoms with Gasteiger partial charge in [-0.2, -0.15) is 13.9 Å². The van der Waals surface area contributed by atoms with Gasteiger partial charge in [0.25, 0.3) is 5.91 Å². The Kier molecular flexibility index (Phi) is 5.35. The van der Waals surface area contributed by atoms with Crippen molar-refractivity contribution in [1.29, 1.82) is 0 Å². The van der Waals surface area contributed by atoms with Crippen LogP contribution in [0, 0.1) is 6.92 Å². The Bertz CT molecular complexity index is 957. The fraction of sp³-hybridized carbons (Fsp3) is 0.158. The summed E-state index contributed by atoms with van der Waals surface area (Å²) in [6.45, 7) is -1.22. The standard InChI is InChI=1S/C19H17F2N3O3/c1-11-8-14(27-19(20)21)6-7-15(11)22-18(25)17-10-16(23-24-17)12-4-3-5-13(9-12)26-2/h3-10,19H,1-2H3,(H,22,25)(H,23,24). The minimum Gasteiger partial charge on any atom is -0.497 e. The van der Waals surface area contributed by atoms with Gasteiger partial charge in [0, 0.05) is 11.3 Å². The van der Waals surface area contributed by atoms with E-state index in [1.165, 1.54) is 18.2 Å². The Morgan fingerprint density at radius 3 is 2.67 bits per heavy atom. The predicted octanol–water partition coefficient (Wildman–Crippen LogP) is 4.25. The van der Waals surface area contributed by atoms with E-state index in [1.807, 2.05) is 24.3 Å². The van der Waals surface area contributed by atoms with Crippen molar-refractivity contribution in [1.82, 2.24) is 10.2 Å². The first-order chi connectivity index (χ1) is 13.0. The van der Waals surface area contributed by atoms with Crippen LogP contribution in [-0.2, 0) is 0 Å². The highest BCUT2D eigenvalue weighted by molar-refractivity contribution is 6.03. The summed E-state index contributed by atoms with van der Waals surface area (Å²) in [5.41, 5.74) is 2.74. The van der Waals surface area contributed by atoms with Gasteiger partial charge < -0.3 is 14.8 Å². The zero-order valence-corrected chi connectivity index (χ0v) is 14.6. The lowest BCUT2D eigenvalue weighted by Gasteiger charge is -2.10. The molecule has 0 radical (unpaired) electrons. The molecule has 0 atom stereocenters. The van der Waals surface area contributed by atoms with Crippen molar-refractivity contribution >= 4 is 11.6 Å². The van der Waals surface area contributed by atoms with Crippen LogP contribution in [0.1, 0.15) is 16.1 Å². The van der Waals surface area contributed by atoms with Crippen LogP contribution in [0.25, 0.3) is 11.3 Å². The summed E-state index contributed by atoms with van der Waals surface area (Å²) in [5.74, 6) is 0.313. The number of H-pyrrole nitrogens is 1. The SMILES string of the molecule is COc1cccc(-c2cc(C(=O)Nc3ccc(OC(F)F)cc3C)[nH]n2)c1. The molecule has 0 aliphatic heterocycles. The van der Waals surface area contributed by atoms with Crippen molar-refractivity contribution in [2.75, 3.05) is 12.4 Å². The lowest BCUT2D eigenvalue weighted by molar-refractivity contribution is -0.0498. The molecular weight excluding hydrogens is 356 g/mol. The van der Waals surface area contributed by atoms with Crippen molar-refractivity contribution in [3.63, 3.8) is 0 Å². The smallest absolute Gasteiger partial charge is 0.387 e. The van der Waals surface area contributed by atoms with E-state index in [1.54, 1.807) is 20.1 Å². The van der Waals surface area contributed by atoms with Gasteiger partial charge in [-0.25, -0.2) is 0 Å². The van der Waals surface area contributed by atoms with Gasteiger partial charge in [-0.05, 0) is 48.9 Å². The molecule has 3 aromatic rings. The Balaban J connectivity index is 1.74. The summed E-state index contributed by atoms with van der Waals surface area (Å²) in [6, 6.07) is 13.2. The second-order valence-electron chi connectivity index (χ2n) is 5.71. The number of halogens is 2. The molecule has 6 nitrogen and oxygen atoms in total. The van der Waals surface area contributed by atoms with Crippen LogP contribution < -0.4 is 14.8 Å². The lowest BCUT2D eigenvalue weighted by atomic mass is 10.1. The highest BCUT2D eigenvalue weighted by Gasteiger charge is 2.14. The third kappa shape index (κ3) is 4.41. The van der Waals surface area contributed by atoms with Crippen molar-refractivity contribution in [2.24, 2.45) is 0 Å². The number of alkyl halides is 2. The number of hydrogen-bond donors (Lipinski definition) is 2. The fourth-order valence-corrected chi connectivity index (χ4v) is 2.51. The van der Waals surface area contributed by atoms with Crippen LogP contribution in [0.4, 0.5) is 14.5 Å². The van der Waals surface area contributed by atoms with Crippen LogP contribution in [0.15, 0.2) is 48.5 Å². The molecule has 140 valence electrons. The molecule has 0 aliphatic rings. The van der Waals surface area contributed by atoms with Crippen LogP contribution in [0.2, 0.25) is 0 Å². The summed E-state index contributed by atoms with van der Waals surface area (Å²) in [7, 11) is 1.57. The maximum atomic E-state index is 12.4. The second-order valence-corrected chi connectivity index (χ2v) is 5.71. The zero-order chi connectivity index (χ0) is 19.4. The number of amides is 1. The van der Waals surface area contributed by atoms with E-state index in [0.29, 0.717) is 22.7 Å².